The summed E-state index contributed by atoms with van der Waals surface area (Å²) in [6.45, 7) is 2.56. The van der Waals surface area contributed by atoms with Gasteiger partial charge in [-0.25, -0.2) is 0 Å². The van der Waals surface area contributed by atoms with Crippen molar-refractivity contribution >= 4 is 11.6 Å². The van der Waals surface area contributed by atoms with Gasteiger partial charge < -0.3 is 15.6 Å². The summed E-state index contributed by atoms with van der Waals surface area (Å²) in [5.41, 5.74) is 6.41. The van der Waals surface area contributed by atoms with Gasteiger partial charge in [0.15, 0.2) is 0 Å². The van der Waals surface area contributed by atoms with Gasteiger partial charge in [0.1, 0.15) is 12.4 Å². The topological polar surface area (TPSA) is 55.5 Å². The molecule has 1 atom stereocenters. The number of rotatable bonds is 5. The van der Waals surface area contributed by atoms with Gasteiger partial charge in [-0.2, -0.15) is 0 Å². The highest BCUT2D eigenvalue weighted by atomic mass is 35.5. The van der Waals surface area contributed by atoms with Crippen LogP contribution in [0.15, 0.2) is 18.2 Å². The number of nitrogens with two attached hydrogens (primary N) is 1. The quantitative estimate of drug-likeness (QED) is 0.812. The maximum Gasteiger partial charge on any atom is 0.124 e. The Hall–Kier alpha value is -0.770. The zero-order valence-electron chi connectivity index (χ0n) is 8.74. The zero-order chi connectivity index (χ0) is 11.3. The lowest BCUT2D eigenvalue weighted by atomic mass is 10.2. The van der Waals surface area contributed by atoms with E-state index in [1.54, 1.807) is 18.2 Å². The summed E-state index contributed by atoms with van der Waals surface area (Å²) < 4.78 is 5.45. The Balaban J connectivity index is 2.67. The van der Waals surface area contributed by atoms with E-state index in [0.29, 0.717) is 23.7 Å². The summed E-state index contributed by atoms with van der Waals surface area (Å²) in [7, 11) is 0. The largest absolute Gasteiger partial charge is 0.491 e. The molecule has 0 aliphatic carbocycles. The fourth-order valence-corrected chi connectivity index (χ4v) is 1.35. The van der Waals surface area contributed by atoms with E-state index in [4.69, 9.17) is 22.1 Å². The van der Waals surface area contributed by atoms with Crippen LogP contribution in [-0.4, -0.2) is 17.8 Å². The third kappa shape index (κ3) is 3.70. The van der Waals surface area contributed by atoms with E-state index >= 15 is 0 Å². The molecule has 0 aromatic heterocycles. The molecule has 15 heavy (non-hydrogen) atoms. The average Bonchev–Trinajstić information content (AvgIpc) is 2.26. The predicted octanol–water partition coefficient (Wildman–Crippen LogP) is 1.95. The summed E-state index contributed by atoms with van der Waals surface area (Å²) in [6, 6.07) is 5.29. The minimum atomic E-state index is -0.439. The van der Waals surface area contributed by atoms with Crippen LogP contribution in [0, 0.1) is 0 Å². The molecule has 1 aromatic carbocycles. The van der Waals surface area contributed by atoms with Crippen LogP contribution in [0.5, 0.6) is 5.75 Å². The number of aliphatic hydroxyl groups is 1. The van der Waals surface area contributed by atoms with Crippen LogP contribution in [-0.2, 0) is 6.54 Å². The lowest BCUT2D eigenvalue weighted by molar-refractivity contribution is 0.104. The molecule has 0 saturated heterocycles. The van der Waals surface area contributed by atoms with Gasteiger partial charge in [-0.05, 0) is 24.6 Å². The van der Waals surface area contributed by atoms with E-state index in [-0.39, 0.29) is 6.61 Å². The Kier molecular flexibility index (Phi) is 4.88. The van der Waals surface area contributed by atoms with Gasteiger partial charge >= 0.3 is 0 Å². The number of ether oxygens (including phenoxy) is 1. The number of aliphatic hydroxyl groups excluding tert-OH is 1. The summed E-state index contributed by atoms with van der Waals surface area (Å²) in [5.74, 6) is 0.689. The molecular weight excluding hydrogens is 214 g/mol. The zero-order valence-corrected chi connectivity index (χ0v) is 9.50. The van der Waals surface area contributed by atoms with E-state index < -0.39 is 6.10 Å². The maximum absolute atomic E-state index is 9.36. The summed E-state index contributed by atoms with van der Waals surface area (Å²) >= 11 is 5.83. The van der Waals surface area contributed by atoms with Crippen LogP contribution in [0.1, 0.15) is 18.9 Å². The molecule has 1 aromatic rings. The van der Waals surface area contributed by atoms with E-state index in [0.717, 1.165) is 5.56 Å². The van der Waals surface area contributed by atoms with Crippen molar-refractivity contribution in [1.82, 2.24) is 0 Å². The van der Waals surface area contributed by atoms with Crippen LogP contribution in [0.4, 0.5) is 0 Å². The van der Waals surface area contributed by atoms with Crippen molar-refractivity contribution in [2.45, 2.75) is 26.0 Å². The predicted molar refractivity (Wildman–Crippen MR) is 61.1 cm³/mol. The SMILES string of the molecule is CCC(O)COc1ccc(Cl)cc1CN. The standard InChI is InChI=1S/C11H16ClNO2/c1-2-10(14)7-15-11-4-3-9(12)5-8(11)6-13/h3-5,10,14H,2,6-7,13H2,1H3. The van der Waals surface area contributed by atoms with Crippen molar-refractivity contribution in [1.29, 1.82) is 0 Å². The molecule has 3 N–H and O–H groups in total. The third-order valence-corrected chi connectivity index (χ3v) is 2.38. The molecule has 4 heteroatoms. The first-order valence-electron chi connectivity index (χ1n) is 4.96. The average molecular weight is 230 g/mol. The van der Waals surface area contributed by atoms with Crippen molar-refractivity contribution in [3.63, 3.8) is 0 Å². The van der Waals surface area contributed by atoms with E-state index in [9.17, 15) is 5.11 Å². The number of hydrogen-bond acceptors (Lipinski definition) is 3. The van der Waals surface area contributed by atoms with Gasteiger partial charge in [-0.1, -0.05) is 18.5 Å². The molecule has 0 bridgehead atoms. The van der Waals surface area contributed by atoms with Gasteiger partial charge in [0.2, 0.25) is 0 Å². The third-order valence-electron chi connectivity index (χ3n) is 2.14. The second-order valence-corrected chi connectivity index (χ2v) is 3.77. The highest BCUT2D eigenvalue weighted by molar-refractivity contribution is 6.30. The maximum atomic E-state index is 9.36. The van der Waals surface area contributed by atoms with E-state index in [2.05, 4.69) is 0 Å². The normalized spacial score (nSPS) is 12.5. The van der Waals surface area contributed by atoms with E-state index in [1.165, 1.54) is 0 Å². The van der Waals surface area contributed by atoms with Crippen molar-refractivity contribution in [2.75, 3.05) is 6.61 Å². The van der Waals surface area contributed by atoms with Crippen LogP contribution < -0.4 is 10.5 Å². The van der Waals surface area contributed by atoms with Crippen LogP contribution in [0.3, 0.4) is 0 Å². The van der Waals surface area contributed by atoms with Crippen molar-refractivity contribution in [2.24, 2.45) is 5.73 Å². The molecule has 1 unspecified atom stereocenters. The molecule has 0 aliphatic heterocycles. The number of hydrogen-bond donors (Lipinski definition) is 2. The van der Waals surface area contributed by atoms with Crippen molar-refractivity contribution in [3.8, 4) is 5.75 Å². The van der Waals surface area contributed by atoms with Gasteiger partial charge in [0.05, 0.1) is 6.10 Å². The molecule has 0 amide bonds. The first kappa shape index (κ1) is 12.3. The van der Waals surface area contributed by atoms with Gasteiger partial charge in [0.25, 0.3) is 0 Å². The lowest BCUT2D eigenvalue weighted by Gasteiger charge is -2.13. The number of halogens is 1. The van der Waals surface area contributed by atoms with Crippen molar-refractivity contribution < 1.29 is 9.84 Å². The molecular formula is C11H16ClNO2. The second-order valence-electron chi connectivity index (χ2n) is 3.33. The smallest absolute Gasteiger partial charge is 0.124 e. The molecule has 1 rings (SSSR count). The minimum Gasteiger partial charge on any atom is -0.491 e. The molecule has 3 nitrogen and oxygen atoms in total. The van der Waals surface area contributed by atoms with Crippen LogP contribution in [0.25, 0.3) is 0 Å². The highest BCUT2D eigenvalue weighted by Gasteiger charge is 2.06. The molecule has 0 heterocycles. The van der Waals surface area contributed by atoms with Gasteiger partial charge in [0, 0.05) is 17.1 Å². The highest BCUT2D eigenvalue weighted by Crippen LogP contribution is 2.22. The molecule has 0 radical (unpaired) electrons. The van der Waals surface area contributed by atoms with E-state index in [1.807, 2.05) is 6.92 Å². The second kappa shape index (κ2) is 5.95. The number of benzene rings is 1. The first-order valence-corrected chi connectivity index (χ1v) is 5.34. The Labute approximate surface area is 94.8 Å². The molecule has 0 fully saturated rings. The molecule has 84 valence electrons. The van der Waals surface area contributed by atoms with Gasteiger partial charge in [-0.15, -0.1) is 0 Å². The Morgan fingerprint density at radius 3 is 2.87 bits per heavy atom. The fourth-order valence-electron chi connectivity index (χ4n) is 1.15. The van der Waals surface area contributed by atoms with Gasteiger partial charge in [-0.3, -0.25) is 0 Å². The Morgan fingerprint density at radius 1 is 1.53 bits per heavy atom. The summed E-state index contributed by atoms with van der Waals surface area (Å²) in [4.78, 5) is 0. The Bertz CT molecular complexity index is 317. The molecule has 0 aliphatic rings. The fraction of sp³-hybridized carbons (Fsp3) is 0.455. The minimum absolute atomic E-state index is 0.283. The summed E-state index contributed by atoms with van der Waals surface area (Å²) in [5, 5.41) is 9.99. The lowest BCUT2D eigenvalue weighted by Crippen LogP contribution is -2.17. The molecule has 0 spiro atoms. The Morgan fingerprint density at radius 2 is 2.27 bits per heavy atom. The van der Waals surface area contributed by atoms with Crippen LogP contribution in [0.2, 0.25) is 5.02 Å². The first-order chi connectivity index (χ1) is 7.17. The monoisotopic (exact) mass is 229 g/mol. The van der Waals surface area contributed by atoms with Crippen LogP contribution >= 0.6 is 11.6 Å². The summed E-state index contributed by atoms with van der Waals surface area (Å²) in [6.07, 6.45) is 0.234. The van der Waals surface area contributed by atoms with Crippen molar-refractivity contribution in [3.05, 3.63) is 28.8 Å². The molecule has 0 saturated carbocycles.